The maximum absolute atomic E-state index is 11.6. The van der Waals surface area contributed by atoms with Gasteiger partial charge in [-0.25, -0.2) is 0 Å². The standard InChI is InChI=1S/C13H19N3O2/c1-9-5-3-4-6-11(9)10(2)16-13(18)8-15-12(17)7-14/h3-6,10H,7-8,14H2,1-2H3,(H,15,17)(H,16,18)/t10-/m0/s1. The van der Waals surface area contributed by atoms with Gasteiger partial charge in [0.05, 0.1) is 19.1 Å². The minimum Gasteiger partial charge on any atom is -0.348 e. The maximum atomic E-state index is 11.6. The van der Waals surface area contributed by atoms with E-state index in [-0.39, 0.29) is 30.9 Å². The molecule has 0 spiro atoms. The Morgan fingerprint density at radius 2 is 1.94 bits per heavy atom. The van der Waals surface area contributed by atoms with E-state index >= 15 is 0 Å². The lowest BCUT2D eigenvalue weighted by atomic mass is 10.0. The van der Waals surface area contributed by atoms with Crippen molar-refractivity contribution in [2.45, 2.75) is 19.9 Å². The number of amides is 2. The highest BCUT2D eigenvalue weighted by Gasteiger charge is 2.11. The largest absolute Gasteiger partial charge is 0.348 e. The number of nitrogens with one attached hydrogen (secondary N) is 2. The molecule has 0 bridgehead atoms. The molecule has 0 saturated heterocycles. The Bertz CT molecular complexity index is 432. The summed E-state index contributed by atoms with van der Waals surface area (Å²) in [5.74, 6) is -0.568. The molecule has 1 aromatic rings. The monoisotopic (exact) mass is 249 g/mol. The van der Waals surface area contributed by atoms with Gasteiger partial charge in [0.1, 0.15) is 0 Å². The van der Waals surface area contributed by atoms with E-state index in [9.17, 15) is 9.59 Å². The first-order valence-corrected chi connectivity index (χ1v) is 5.86. The molecule has 0 saturated carbocycles. The van der Waals surface area contributed by atoms with Crippen LogP contribution in [0.25, 0.3) is 0 Å². The summed E-state index contributed by atoms with van der Waals surface area (Å²) in [6.45, 7) is 3.74. The van der Waals surface area contributed by atoms with Crippen LogP contribution in [0, 0.1) is 6.92 Å². The van der Waals surface area contributed by atoms with Gasteiger partial charge >= 0.3 is 0 Å². The highest BCUT2D eigenvalue weighted by atomic mass is 16.2. The number of aryl methyl sites for hydroxylation is 1. The van der Waals surface area contributed by atoms with E-state index in [1.54, 1.807) is 0 Å². The summed E-state index contributed by atoms with van der Waals surface area (Å²) < 4.78 is 0. The van der Waals surface area contributed by atoms with Crippen LogP contribution in [0.2, 0.25) is 0 Å². The van der Waals surface area contributed by atoms with Crippen LogP contribution in [0.15, 0.2) is 24.3 Å². The molecule has 1 rings (SSSR count). The number of hydrogen-bond donors (Lipinski definition) is 3. The van der Waals surface area contributed by atoms with Gasteiger partial charge < -0.3 is 16.4 Å². The van der Waals surface area contributed by atoms with Crippen molar-refractivity contribution in [1.82, 2.24) is 10.6 Å². The van der Waals surface area contributed by atoms with E-state index in [4.69, 9.17) is 5.73 Å². The summed E-state index contributed by atoms with van der Waals surface area (Å²) in [4.78, 5) is 22.5. The average molecular weight is 249 g/mol. The molecule has 4 N–H and O–H groups in total. The van der Waals surface area contributed by atoms with Gasteiger partial charge in [-0.2, -0.15) is 0 Å². The summed E-state index contributed by atoms with van der Waals surface area (Å²) in [5, 5.41) is 5.25. The molecule has 0 aliphatic rings. The summed E-state index contributed by atoms with van der Waals surface area (Å²) in [6, 6.07) is 7.76. The fourth-order valence-corrected chi connectivity index (χ4v) is 1.69. The predicted octanol–water partition coefficient (Wildman–Crippen LogP) is 0.247. The number of carbonyl (C=O) groups is 2. The lowest BCUT2D eigenvalue weighted by molar-refractivity contribution is -0.125. The van der Waals surface area contributed by atoms with Crippen molar-refractivity contribution in [2.75, 3.05) is 13.1 Å². The Kier molecular flexibility index (Phi) is 5.32. The SMILES string of the molecule is Cc1ccccc1[C@H](C)NC(=O)CNC(=O)CN. The molecule has 0 unspecified atom stereocenters. The molecular weight excluding hydrogens is 230 g/mol. The van der Waals surface area contributed by atoms with Crippen LogP contribution in [0.3, 0.4) is 0 Å². The van der Waals surface area contributed by atoms with E-state index in [1.807, 2.05) is 38.1 Å². The summed E-state index contributed by atoms with van der Waals surface area (Å²) >= 11 is 0. The topological polar surface area (TPSA) is 84.2 Å². The minimum atomic E-state index is -0.339. The molecule has 98 valence electrons. The molecule has 5 heteroatoms. The lowest BCUT2D eigenvalue weighted by Crippen LogP contribution is -2.40. The second-order valence-corrected chi connectivity index (χ2v) is 4.13. The fraction of sp³-hybridized carbons (Fsp3) is 0.385. The molecule has 5 nitrogen and oxygen atoms in total. The third-order valence-corrected chi connectivity index (χ3v) is 2.66. The normalized spacial score (nSPS) is 11.7. The van der Waals surface area contributed by atoms with Gasteiger partial charge in [-0.15, -0.1) is 0 Å². The Balaban J connectivity index is 2.50. The van der Waals surface area contributed by atoms with Gasteiger partial charge in [0.25, 0.3) is 0 Å². The highest BCUT2D eigenvalue weighted by Crippen LogP contribution is 2.16. The van der Waals surface area contributed by atoms with Gasteiger partial charge in [-0.1, -0.05) is 24.3 Å². The predicted molar refractivity (Wildman–Crippen MR) is 69.8 cm³/mol. The van der Waals surface area contributed by atoms with E-state index < -0.39 is 0 Å². The third-order valence-electron chi connectivity index (χ3n) is 2.66. The molecule has 1 aromatic carbocycles. The van der Waals surface area contributed by atoms with Crippen LogP contribution in [-0.2, 0) is 9.59 Å². The Hall–Kier alpha value is -1.88. The Morgan fingerprint density at radius 3 is 2.56 bits per heavy atom. The molecule has 2 amide bonds. The first-order valence-electron chi connectivity index (χ1n) is 5.86. The molecular formula is C13H19N3O2. The zero-order valence-corrected chi connectivity index (χ0v) is 10.7. The van der Waals surface area contributed by atoms with Gasteiger partial charge in [-0.05, 0) is 25.0 Å². The number of nitrogens with two attached hydrogens (primary N) is 1. The van der Waals surface area contributed by atoms with E-state index in [2.05, 4.69) is 10.6 Å². The highest BCUT2D eigenvalue weighted by molar-refractivity contribution is 5.85. The lowest BCUT2D eigenvalue weighted by Gasteiger charge is -2.16. The van der Waals surface area contributed by atoms with Crippen molar-refractivity contribution < 1.29 is 9.59 Å². The van der Waals surface area contributed by atoms with Crippen molar-refractivity contribution in [3.8, 4) is 0 Å². The van der Waals surface area contributed by atoms with E-state index in [0.717, 1.165) is 11.1 Å². The maximum Gasteiger partial charge on any atom is 0.239 e. The van der Waals surface area contributed by atoms with Gasteiger partial charge in [0.15, 0.2) is 0 Å². The number of carbonyl (C=O) groups excluding carboxylic acids is 2. The molecule has 0 fully saturated rings. The van der Waals surface area contributed by atoms with Crippen LogP contribution in [0.4, 0.5) is 0 Å². The first-order chi connectivity index (χ1) is 8.54. The zero-order chi connectivity index (χ0) is 13.5. The van der Waals surface area contributed by atoms with Crippen LogP contribution in [-0.4, -0.2) is 24.9 Å². The molecule has 1 atom stereocenters. The van der Waals surface area contributed by atoms with E-state index in [1.165, 1.54) is 0 Å². The van der Waals surface area contributed by atoms with Crippen molar-refractivity contribution in [3.05, 3.63) is 35.4 Å². The van der Waals surface area contributed by atoms with Crippen LogP contribution < -0.4 is 16.4 Å². The number of benzene rings is 1. The second kappa shape index (κ2) is 6.76. The Labute approximate surface area is 107 Å². The van der Waals surface area contributed by atoms with E-state index in [0.29, 0.717) is 0 Å². The quantitative estimate of drug-likeness (QED) is 0.699. The van der Waals surface area contributed by atoms with Crippen LogP contribution >= 0.6 is 0 Å². The van der Waals surface area contributed by atoms with Crippen molar-refractivity contribution >= 4 is 11.8 Å². The summed E-state index contributed by atoms with van der Waals surface area (Å²) in [6.07, 6.45) is 0. The third kappa shape index (κ3) is 4.18. The number of hydrogen-bond acceptors (Lipinski definition) is 3. The molecule has 0 heterocycles. The summed E-state index contributed by atoms with van der Waals surface area (Å²) in [5.41, 5.74) is 7.31. The minimum absolute atomic E-state index is 0.0494. The molecule has 0 aromatic heterocycles. The first kappa shape index (κ1) is 14.2. The van der Waals surface area contributed by atoms with Crippen molar-refractivity contribution in [1.29, 1.82) is 0 Å². The molecule has 18 heavy (non-hydrogen) atoms. The molecule has 0 aliphatic carbocycles. The Morgan fingerprint density at radius 1 is 1.28 bits per heavy atom. The average Bonchev–Trinajstić information content (AvgIpc) is 2.36. The zero-order valence-electron chi connectivity index (χ0n) is 10.7. The molecule has 0 aliphatic heterocycles. The summed E-state index contributed by atoms with van der Waals surface area (Å²) in [7, 11) is 0. The van der Waals surface area contributed by atoms with Crippen molar-refractivity contribution in [3.63, 3.8) is 0 Å². The van der Waals surface area contributed by atoms with Crippen LogP contribution in [0.1, 0.15) is 24.1 Å². The van der Waals surface area contributed by atoms with Gasteiger partial charge in [0, 0.05) is 0 Å². The fourth-order valence-electron chi connectivity index (χ4n) is 1.69. The van der Waals surface area contributed by atoms with Gasteiger partial charge in [-0.3, -0.25) is 9.59 Å². The smallest absolute Gasteiger partial charge is 0.239 e. The number of rotatable bonds is 5. The van der Waals surface area contributed by atoms with Crippen molar-refractivity contribution in [2.24, 2.45) is 5.73 Å². The second-order valence-electron chi connectivity index (χ2n) is 4.13. The van der Waals surface area contributed by atoms with Crippen LogP contribution in [0.5, 0.6) is 0 Å². The van der Waals surface area contributed by atoms with Gasteiger partial charge in [0.2, 0.25) is 11.8 Å². The molecule has 0 radical (unpaired) electrons.